The zero-order valence-corrected chi connectivity index (χ0v) is 19.9. The number of nitrogens with one attached hydrogen (secondary N) is 1. The molecule has 0 heterocycles. The Bertz CT molecular complexity index is 752. The lowest BCUT2D eigenvalue weighted by molar-refractivity contribution is -0.128. The molecule has 0 saturated carbocycles. The summed E-state index contributed by atoms with van der Waals surface area (Å²) in [5, 5.41) is 3.49. The van der Waals surface area contributed by atoms with Crippen molar-refractivity contribution in [2.45, 2.75) is 84.0 Å². The summed E-state index contributed by atoms with van der Waals surface area (Å²) in [6.07, 6.45) is 19.7. The summed E-state index contributed by atoms with van der Waals surface area (Å²) in [5.41, 5.74) is 2.10. The van der Waals surface area contributed by atoms with Gasteiger partial charge >= 0.3 is 5.97 Å². The van der Waals surface area contributed by atoms with Crippen LogP contribution in [0.1, 0.15) is 89.5 Å². The fraction of sp³-hybridized carbons (Fsp3) is 0.483. The molecule has 0 amide bonds. The van der Waals surface area contributed by atoms with Gasteiger partial charge in [0.15, 0.2) is 0 Å². The first-order valence-corrected chi connectivity index (χ1v) is 12.6. The van der Waals surface area contributed by atoms with Gasteiger partial charge in [0.25, 0.3) is 0 Å². The van der Waals surface area contributed by atoms with Gasteiger partial charge in [-0.25, -0.2) is 4.79 Å². The van der Waals surface area contributed by atoms with Gasteiger partial charge in [-0.1, -0.05) is 108 Å². The molecule has 2 rings (SSSR count). The zero-order chi connectivity index (χ0) is 22.7. The van der Waals surface area contributed by atoms with E-state index in [0.29, 0.717) is 5.75 Å². The van der Waals surface area contributed by atoms with Gasteiger partial charge in [0.05, 0.1) is 0 Å². The summed E-state index contributed by atoms with van der Waals surface area (Å²) in [6, 6.07) is 17.2. The van der Waals surface area contributed by atoms with E-state index in [1.54, 1.807) is 18.2 Å². The van der Waals surface area contributed by atoms with Crippen LogP contribution in [0.25, 0.3) is 6.08 Å². The van der Waals surface area contributed by atoms with Crippen molar-refractivity contribution in [3.63, 3.8) is 0 Å². The predicted octanol–water partition coefficient (Wildman–Crippen LogP) is 8.42. The number of unbranched alkanes of at least 4 members (excludes halogenated alkanes) is 11. The van der Waals surface area contributed by atoms with Crippen LogP contribution >= 0.6 is 0 Å². The zero-order valence-electron chi connectivity index (χ0n) is 19.9. The highest BCUT2D eigenvalue weighted by atomic mass is 16.5. The predicted molar refractivity (Wildman–Crippen MR) is 137 cm³/mol. The monoisotopic (exact) mass is 435 g/mol. The molecule has 0 aliphatic rings. The Hall–Kier alpha value is -2.55. The van der Waals surface area contributed by atoms with Crippen LogP contribution in [-0.2, 0) is 4.79 Å². The van der Waals surface area contributed by atoms with Gasteiger partial charge < -0.3 is 10.1 Å². The Balaban J connectivity index is 1.49. The Kier molecular flexibility index (Phi) is 13.7. The van der Waals surface area contributed by atoms with Crippen LogP contribution < -0.4 is 10.1 Å². The van der Waals surface area contributed by atoms with Gasteiger partial charge in [0.2, 0.25) is 0 Å². The fourth-order valence-corrected chi connectivity index (χ4v) is 3.71. The van der Waals surface area contributed by atoms with E-state index in [4.69, 9.17) is 4.74 Å². The molecule has 0 fully saturated rings. The van der Waals surface area contributed by atoms with Crippen LogP contribution in [0.15, 0.2) is 60.7 Å². The molecule has 2 aromatic rings. The van der Waals surface area contributed by atoms with Crippen LogP contribution in [0.2, 0.25) is 0 Å². The molecule has 0 aliphatic heterocycles. The maximum Gasteiger partial charge on any atom is 0.336 e. The second-order valence-corrected chi connectivity index (χ2v) is 8.51. The Morgan fingerprint density at radius 3 is 1.91 bits per heavy atom. The van der Waals surface area contributed by atoms with E-state index in [9.17, 15) is 4.79 Å². The van der Waals surface area contributed by atoms with Gasteiger partial charge in [-0.3, -0.25) is 0 Å². The van der Waals surface area contributed by atoms with Crippen LogP contribution in [0.4, 0.5) is 5.69 Å². The molecule has 0 aromatic heterocycles. The van der Waals surface area contributed by atoms with Crippen LogP contribution in [0.5, 0.6) is 5.75 Å². The molecule has 1 N–H and O–H groups in total. The number of ether oxygens (including phenoxy) is 1. The third kappa shape index (κ3) is 12.3. The lowest BCUT2D eigenvalue weighted by atomic mass is 10.1. The minimum atomic E-state index is -0.370. The summed E-state index contributed by atoms with van der Waals surface area (Å²) in [4.78, 5) is 11.9. The quantitative estimate of drug-likeness (QED) is 0.117. The molecule has 0 saturated heterocycles. The molecular weight excluding hydrogens is 394 g/mol. The first-order valence-electron chi connectivity index (χ1n) is 12.6. The third-order valence-electron chi connectivity index (χ3n) is 5.64. The lowest BCUT2D eigenvalue weighted by Gasteiger charge is -2.07. The number of benzene rings is 2. The van der Waals surface area contributed by atoms with E-state index in [1.807, 2.05) is 30.3 Å². The number of hydrogen-bond donors (Lipinski definition) is 1. The van der Waals surface area contributed by atoms with Crippen molar-refractivity contribution in [1.29, 1.82) is 0 Å². The summed E-state index contributed by atoms with van der Waals surface area (Å²) < 4.78 is 5.25. The number of para-hydroxylation sites is 1. The number of carbonyl (C=O) groups is 1. The maximum atomic E-state index is 11.9. The molecule has 3 heteroatoms. The van der Waals surface area contributed by atoms with Crippen molar-refractivity contribution in [3.05, 3.63) is 66.2 Å². The van der Waals surface area contributed by atoms with Crippen molar-refractivity contribution in [1.82, 2.24) is 0 Å². The highest BCUT2D eigenvalue weighted by Crippen LogP contribution is 2.14. The molecule has 0 radical (unpaired) electrons. The number of esters is 1. The van der Waals surface area contributed by atoms with E-state index in [2.05, 4.69) is 24.4 Å². The molecule has 2 aromatic carbocycles. The SMILES string of the molecule is CCCCCCCCCCCCCCNc1ccc(/C=C/C(=O)Oc2ccccc2)cc1. The van der Waals surface area contributed by atoms with Gasteiger partial charge in [-0.2, -0.15) is 0 Å². The Morgan fingerprint density at radius 1 is 0.750 bits per heavy atom. The van der Waals surface area contributed by atoms with Gasteiger partial charge in [-0.05, 0) is 42.3 Å². The largest absolute Gasteiger partial charge is 0.423 e. The Labute approximate surface area is 195 Å². The molecule has 0 aliphatic carbocycles. The third-order valence-corrected chi connectivity index (χ3v) is 5.64. The molecule has 3 nitrogen and oxygen atoms in total. The fourth-order valence-electron chi connectivity index (χ4n) is 3.71. The summed E-state index contributed by atoms with van der Waals surface area (Å²) >= 11 is 0. The second kappa shape index (κ2) is 17.1. The van der Waals surface area contributed by atoms with Crippen LogP contribution in [0.3, 0.4) is 0 Å². The number of hydrogen-bond acceptors (Lipinski definition) is 3. The van der Waals surface area contributed by atoms with Crippen molar-refractivity contribution < 1.29 is 9.53 Å². The molecule has 0 unspecified atom stereocenters. The summed E-state index contributed by atoms with van der Waals surface area (Å²) in [5.74, 6) is 0.185. The second-order valence-electron chi connectivity index (χ2n) is 8.51. The number of anilines is 1. The Morgan fingerprint density at radius 2 is 1.31 bits per heavy atom. The minimum absolute atomic E-state index is 0.370. The van der Waals surface area contributed by atoms with Crippen molar-refractivity contribution >= 4 is 17.7 Å². The number of carbonyl (C=O) groups excluding carboxylic acids is 1. The van der Waals surface area contributed by atoms with Crippen molar-refractivity contribution in [3.8, 4) is 5.75 Å². The maximum absolute atomic E-state index is 11.9. The lowest BCUT2D eigenvalue weighted by Crippen LogP contribution is -2.03. The van der Waals surface area contributed by atoms with Gasteiger partial charge in [-0.15, -0.1) is 0 Å². The summed E-state index contributed by atoms with van der Waals surface area (Å²) in [7, 11) is 0. The standard InChI is InChI=1S/C29H41NO2/c1-2-3-4-5-6-7-8-9-10-11-12-16-25-30-27-22-19-26(20-23-27)21-24-29(31)32-28-17-14-13-15-18-28/h13-15,17-24,30H,2-12,16,25H2,1H3/b24-21+. The van der Waals surface area contributed by atoms with E-state index in [0.717, 1.165) is 17.8 Å². The van der Waals surface area contributed by atoms with Crippen LogP contribution in [0, 0.1) is 0 Å². The van der Waals surface area contributed by atoms with Crippen molar-refractivity contribution in [2.75, 3.05) is 11.9 Å². The normalized spacial score (nSPS) is 11.0. The molecule has 32 heavy (non-hydrogen) atoms. The van der Waals surface area contributed by atoms with Gasteiger partial charge in [0, 0.05) is 18.3 Å². The minimum Gasteiger partial charge on any atom is -0.423 e. The molecular formula is C29H41NO2. The molecule has 174 valence electrons. The average molecular weight is 436 g/mol. The van der Waals surface area contributed by atoms with E-state index in [-0.39, 0.29) is 5.97 Å². The van der Waals surface area contributed by atoms with E-state index in [1.165, 1.54) is 83.1 Å². The van der Waals surface area contributed by atoms with E-state index < -0.39 is 0 Å². The summed E-state index contributed by atoms with van der Waals surface area (Å²) in [6.45, 7) is 3.29. The smallest absolute Gasteiger partial charge is 0.336 e. The first kappa shape index (κ1) is 25.7. The van der Waals surface area contributed by atoms with Crippen LogP contribution in [-0.4, -0.2) is 12.5 Å². The molecule has 0 bridgehead atoms. The molecule has 0 atom stereocenters. The highest BCUT2D eigenvalue weighted by molar-refractivity contribution is 5.88. The average Bonchev–Trinajstić information content (AvgIpc) is 2.82. The van der Waals surface area contributed by atoms with Crippen molar-refractivity contribution in [2.24, 2.45) is 0 Å². The van der Waals surface area contributed by atoms with E-state index >= 15 is 0 Å². The topological polar surface area (TPSA) is 38.3 Å². The molecule has 0 spiro atoms. The first-order chi connectivity index (χ1) is 15.8. The number of rotatable bonds is 17. The van der Waals surface area contributed by atoms with Gasteiger partial charge in [0.1, 0.15) is 5.75 Å². The highest BCUT2D eigenvalue weighted by Gasteiger charge is 1.99.